The Morgan fingerprint density at radius 1 is 0.773 bits per heavy atom. The first kappa shape index (κ1) is 13.8. The molecule has 4 heteroatoms. The van der Waals surface area contributed by atoms with Crippen molar-refractivity contribution in [3.05, 3.63) is 77.9 Å². The molecule has 0 N–H and O–H groups in total. The lowest BCUT2D eigenvalue weighted by molar-refractivity contribution is 0.0569. The van der Waals surface area contributed by atoms with Gasteiger partial charge < -0.3 is 4.74 Å². The van der Waals surface area contributed by atoms with Crippen molar-refractivity contribution < 1.29 is 19.4 Å². The second kappa shape index (κ2) is 5.69. The minimum atomic E-state index is -1.38. The van der Waals surface area contributed by atoms with Gasteiger partial charge in [-0.05, 0) is 23.6 Å². The SMILES string of the molecule is [O]C(=O)c1c(OC(=O)c2ccccc2)ccc2ccccc12. The highest BCUT2D eigenvalue weighted by atomic mass is 16.5. The Morgan fingerprint density at radius 3 is 2.18 bits per heavy atom. The van der Waals surface area contributed by atoms with Crippen molar-refractivity contribution in [1.82, 2.24) is 0 Å². The maximum absolute atomic E-state index is 12.1. The lowest BCUT2D eigenvalue weighted by Crippen LogP contribution is -2.11. The van der Waals surface area contributed by atoms with Gasteiger partial charge in [-0.1, -0.05) is 48.5 Å². The molecule has 0 aliphatic carbocycles. The Balaban J connectivity index is 2.06. The highest BCUT2D eigenvalue weighted by Crippen LogP contribution is 2.28. The van der Waals surface area contributed by atoms with Crippen LogP contribution in [0, 0.1) is 0 Å². The molecule has 0 aliphatic rings. The average Bonchev–Trinajstić information content (AvgIpc) is 2.55. The molecule has 22 heavy (non-hydrogen) atoms. The van der Waals surface area contributed by atoms with Gasteiger partial charge in [-0.2, -0.15) is 0 Å². The summed E-state index contributed by atoms with van der Waals surface area (Å²) >= 11 is 0. The number of carbonyl (C=O) groups is 2. The van der Waals surface area contributed by atoms with E-state index in [0.717, 1.165) is 5.39 Å². The topological polar surface area (TPSA) is 63.3 Å². The third-order valence-corrected chi connectivity index (χ3v) is 3.31. The maximum Gasteiger partial charge on any atom is 0.390 e. The van der Waals surface area contributed by atoms with Gasteiger partial charge >= 0.3 is 11.9 Å². The van der Waals surface area contributed by atoms with E-state index in [2.05, 4.69) is 0 Å². The first-order chi connectivity index (χ1) is 10.7. The molecular weight excluding hydrogens is 280 g/mol. The first-order valence-electron chi connectivity index (χ1n) is 6.67. The zero-order valence-electron chi connectivity index (χ0n) is 11.5. The fourth-order valence-corrected chi connectivity index (χ4v) is 2.28. The zero-order valence-corrected chi connectivity index (χ0v) is 11.5. The second-order valence-electron chi connectivity index (χ2n) is 4.70. The number of rotatable bonds is 3. The lowest BCUT2D eigenvalue weighted by Gasteiger charge is -2.09. The third-order valence-electron chi connectivity index (χ3n) is 3.31. The normalized spacial score (nSPS) is 10.4. The number of carbonyl (C=O) groups excluding carboxylic acids is 2. The van der Waals surface area contributed by atoms with E-state index in [1.165, 1.54) is 6.07 Å². The molecule has 0 unspecified atom stereocenters. The van der Waals surface area contributed by atoms with Crippen molar-refractivity contribution in [2.24, 2.45) is 0 Å². The largest absolute Gasteiger partial charge is 0.422 e. The molecule has 0 fully saturated rings. The van der Waals surface area contributed by atoms with Crippen LogP contribution < -0.4 is 4.74 Å². The Kier molecular flexibility index (Phi) is 3.58. The van der Waals surface area contributed by atoms with Crippen LogP contribution in [0.1, 0.15) is 20.7 Å². The first-order valence-corrected chi connectivity index (χ1v) is 6.67. The molecule has 0 saturated carbocycles. The standard InChI is InChI=1S/C18H11O4/c19-17(20)16-14-9-5-4-6-12(14)10-11-15(16)22-18(21)13-7-2-1-3-8-13/h1-11H. The fourth-order valence-electron chi connectivity index (χ4n) is 2.28. The molecule has 0 spiro atoms. The average molecular weight is 291 g/mol. The molecule has 1 radical (unpaired) electrons. The Morgan fingerprint density at radius 2 is 1.45 bits per heavy atom. The van der Waals surface area contributed by atoms with Crippen LogP contribution in [-0.4, -0.2) is 11.9 Å². The summed E-state index contributed by atoms with van der Waals surface area (Å²) in [5.41, 5.74) is 0.224. The van der Waals surface area contributed by atoms with Gasteiger partial charge in [0.2, 0.25) is 0 Å². The van der Waals surface area contributed by atoms with Gasteiger partial charge in [0.1, 0.15) is 11.3 Å². The smallest absolute Gasteiger partial charge is 0.390 e. The van der Waals surface area contributed by atoms with Crippen molar-refractivity contribution >= 4 is 22.7 Å². The quantitative estimate of drug-likeness (QED) is 0.546. The summed E-state index contributed by atoms with van der Waals surface area (Å²) in [7, 11) is 0. The van der Waals surface area contributed by atoms with E-state index < -0.39 is 11.9 Å². The number of benzene rings is 3. The van der Waals surface area contributed by atoms with E-state index in [1.54, 1.807) is 60.7 Å². The monoisotopic (exact) mass is 291 g/mol. The second-order valence-corrected chi connectivity index (χ2v) is 4.70. The summed E-state index contributed by atoms with van der Waals surface area (Å²) in [6.07, 6.45) is 0. The molecule has 0 atom stereocenters. The third kappa shape index (κ3) is 2.54. The van der Waals surface area contributed by atoms with Crippen LogP contribution in [0.4, 0.5) is 0 Å². The van der Waals surface area contributed by atoms with Crippen LogP contribution in [0.25, 0.3) is 10.8 Å². The minimum absolute atomic E-state index is 0.0208. The predicted molar refractivity (Wildman–Crippen MR) is 80.4 cm³/mol. The van der Waals surface area contributed by atoms with Crippen LogP contribution in [0.15, 0.2) is 66.7 Å². The minimum Gasteiger partial charge on any atom is -0.422 e. The van der Waals surface area contributed by atoms with E-state index in [0.29, 0.717) is 10.9 Å². The maximum atomic E-state index is 12.1. The molecule has 0 aliphatic heterocycles. The van der Waals surface area contributed by atoms with Crippen LogP contribution in [0.2, 0.25) is 0 Å². The Labute approximate surface area is 126 Å². The summed E-state index contributed by atoms with van der Waals surface area (Å²) in [5.74, 6) is -2.02. The Bertz CT molecular complexity index is 853. The number of fused-ring (bicyclic) bond motifs is 1. The van der Waals surface area contributed by atoms with Gasteiger partial charge in [-0.25, -0.2) is 14.7 Å². The summed E-state index contributed by atoms with van der Waals surface area (Å²) in [6, 6.07) is 18.5. The van der Waals surface area contributed by atoms with Gasteiger partial charge in [-0.15, -0.1) is 0 Å². The van der Waals surface area contributed by atoms with Crippen molar-refractivity contribution in [2.75, 3.05) is 0 Å². The van der Waals surface area contributed by atoms with Crippen LogP contribution in [-0.2, 0) is 5.11 Å². The van der Waals surface area contributed by atoms with Gasteiger partial charge in [0.05, 0.1) is 5.56 Å². The molecular formula is C18H11O4. The number of esters is 1. The summed E-state index contributed by atoms with van der Waals surface area (Å²) in [4.78, 5) is 23.5. The van der Waals surface area contributed by atoms with Crippen LogP contribution in [0.5, 0.6) is 5.75 Å². The molecule has 107 valence electrons. The highest BCUT2D eigenvalue weighted by molar-refractivity contribution is 6.07. The summed E-state index contributed by atoms with van der Waals surface area (Å²) in [5, 5.41) is 12.7. The molecule has 3 rings (SSSR count). The molecule has 0 saturated heterocycles. The lowest BCUT2D eigenvalue weighted by atomic mass is 10.0. The summed E-state index contributed by atoms with van der Waals surface area (Å²) < 4.78 is 5.24. The van der Waals surface area contributed by atoms with Gasteiger partial charge in [-0.3, -0.25) is 0 Å². The van der Waals surface area contributed by atoms with Crippen LogP contribution in [0.3, 0.4) is 0 Å². The molecule has 0 heterocycles. The molecule has 3 aromatic carbocycles. The van der Waals surface area contributed by atoms with Crippen molar-refractivity contribution in [3.63, 3.8) is 0 Å². The molecule has 0 aromatic heterocycles. The number of hydrogen-bond donors (Lipinski definition) is 0. The van der Waals surface area contributed by atoms with Crippen molar-refractivity contribution in [3.8, 4) is 5.75 Å². The van der Waals surface area contributed by atoms with E-state index >= 15 is 0 Å². The van der Waals surface area contributed by atoms with Gasteiger partial charge in [0, 0.05) is 5.39 Å². The highest BCUT2D eigenvalue weighted by Gasteiger charge is 2.20. The van der Waals surface area contributed by atoms with Crippen molar-refractivity contribution in [2.45, 2.75) is 0 Å². The number of hydrogen-bond acceptors (Lipinski definition) is 3. The molecule has 3 aromatic rings. The van der Waals surface area contributed by atoms with E-state index in [9.17, 15) is 14.7 Å². The van der Waals surface area contributed by atoms with E-state index in [1.807, 2.05) is 0 Å². The molecule has 0 amide bonds. The van der Waals surface area contributed by atoms with E-state index in [4.69, 9.17) is 4.74 Å². The van der Waals surface area contributed by atoms with Crippen LogP contribution >= 0.6 is 0 Å². The van der Waals surface area contributed by atoms with E-state index in [-0.39, 0.29) is 11.3 Å². The Hall–Kier alpha value is -3.14. The summed E-state index contributed by atoms with van der Waals surface area (Å²) in [6.45, 7) is 0. The zero-order chi connectivity index (χ0) is 15.5. The molecule has 4 nitrogen and oxygen atoms in total. The number of ether oxygens (including phenoxy) is 1. The van der Waals surface area contributed by atoms with Gasteiger partial charge in [0.25, 0.3) is 0 Å². The molecule has 0 bridgehead atoms. The van der Waals surface area contributed by atoms with Crippen molar-refractivity contribution in [1.29, 1.82) is 0 Å². The predicted octanol–water partition coefficient (Wildman–Crippen LogP) is 3.63. The fraction of sp³-hybridized carbons (Fsp3) is 0. The van der Waals surface area contributed by atoms with Gasteiger partial charge in [0.15, 0.2) is 0 Å².